The van der Waals surface area contributed by atoms with Crippen molar-refractivity contribution >= 4 is 41.3 Å². The molecule has 1 aliphatic heterocycles. The Bertz CT molecular complexity index is 1060. The third kappa shape index (κ3) is 5.13. The number of hydrogen-bond acceptors (Lipinski definition) is 5. The fourth-order valence-electron chi connectivity index (χ4n) is 2.65. The molecule has 0 aromatic heterocycles. The maximum atomic E-state index is 11.9. The molecule has 2 aromatic rings. The average Bonchev–Trinajstić information content (AvgIpc) is 2.99. The van der Waals surface area contributed by atoms with Crippen molar-refractivity contribution in [3.8, 4) is 0 Å². The molecule has 4 N–H and O–H groups in total. The monoisotopic (exact) mass is 392 g/mol. The molecule has 0 atom stereocenters. The quantitative estimate of drug-likeness (QED) is 0.452. The fraction of sp³-hybridized carbons (Fsp3) is 0.0500. The van der Waals surface area contributed by atoms with Crippen LogP contribution in [-0.4, -0.2) is 34.6 Å². The summed E-state index contributed by atoms with van der Waals surface area (Å²) in [5.74, 6) is -2.12. The number of imide groups is 1. The number of aliphatic carboxylic acids is 1. The van der Waals surface area contributed by atoms with Crippen LogP contribution in [0, 0.1) is 0 Å². The molecule has 9 nitrogen and oxygen atoms in total. The van der Waals surface area contributed by atoms with Gasteiger partial charge in [0.15, 0.2) is 5.71 Å². The number of nitrogens with one attached hydrogen (secondary N) is 3. The van der Waals surface area contributed by atoms with E-state index in [0.29, 0.717) is 22.4 Å². The molecular formula is C20H16N4O5. The number of nitrogens with zero attached hydrogens (tertiary/aromatic N) is 1. The van der Waals surface area contributed by atoms with Crippen molar-refractivity contribution in [3.05, 3.63) is 71.3 Å². The van der Waals surface area contributed by atoms with Crippen LogP contribution in [0.15, 0.2) is 59.7 Å². The van der Waals surface area contributed by atoms with E-state index in [4.69, 9.17) is 5.11 Å². The number of amides is 4. The summed E-state index contributed by atoms with van der Waals surface area (Å²) in [7, 11) is 0. The number of carbonyl (C=O) groups excluding carboxylic acids is 3. The number of urea groups is 1. The first-order chi connectivity index (χ1) is 13.9. The standard InChI is InChI=1S/C20H16N4O5/c25-16(9-8-12-4-3-5-13(10-12)11-17(26)27)22-20(29)24-23-18-14-6-1-2-7-15(14)21-19(18)28/h1-10H,11H2,(H,26,27)(H,21,23,28)(H2,22,24,25,29)/b9-8+. The van der Waals surface area contributed by atoms with Gasteiger partial charge in [0.05, 0.1) is 12.1 Å². The summed E-state index contributed by atoms with van der Waals surface area (Å²) in [6, 6.07) is 12.6. The SMILES string of the molecule is O=C(O)Cc1cccc(/C=C/C(=O)NC(=O)NN=C2C(=O)Nc3ccccc32)c1. The molecule has 3 rings (SSSR count). The second-order valence-corrected chi connectivity index (χ2v) is 6.04. The van der Waals surface area contributed by atoms with Gasteiger partial charge in [0.2, 0.25) is 0 Å². The Morgan fingerprint density at radius 2 is 1.90 bits per heavy atom. The minimum Gasteiger partial charge on any atom is -0.481 e. The molecule has 9 heteroatoms. The molecule has 0 bridgehead atoms. The van der Waals surface area contributed by atoms with E-state index in [1.165, 1.54) is 6.08 Å². The van der Waals surface area contributed by atoms with Crippen LogP contribution in [0.25, 0.3) is 6.08 Å². The first-order valence-electron chi connectivity index (χ1n) is 8.50. The van der Waals surface area contributed by atoms with Crippen LogP contribution >= 0.6 is 0 Å². The van der Waals surface area contributed by atoms with Crippen molar-refractivity contribution in [1.82, 2.24) is 10.7 Å². The van der Waals surface area contributed by atoms with Gasteiger partial charge in [-0.1, -0.05) is 42.5 Å². The van der Waals surface area contributed by atoms with Gasteiger partial charge in [0.1, 0.15) is 0 Å². The highest BCUT2D eigenvalue weighted by molar-refractivity contribution is 6.53. The minimum absolute atomic E-state index is 0.0361. The van der Waals surface area contributed by atoms with Gasteiger partial charge in [-0.2, -0.15) is 5.10 Å². The third-order valence-electron chi connectivity index (χ3n) is 3.88. The lowest BCUT2D eigenvalue weighted by Crippen LogP contribution is -2.37. The molecule has 1 aliphatic rings. The number of hydrazone groups is 1. The number of rotatable bonds is 5. The number of carboxylic acids is 1. The molecular weight excluding hydrogens is 376 g/mol. The fourth-order valence-corrected chi connectivity index (χ4v) is 2.65. The summed E-state index contributed by atoms with van der Waals surface area (Å²) in [6.45, 7) is 0. The van der Waals surface area contributed by atoms with Crippen molar-refractivity contribution in [1.29, 1.82) is 0 Å². The van der Waals surface area contributed by atoms with E-state index in [2.05, 4.69) is 21.2 Å². The van der Waals surface area contributed by atoms with Gasteiger partial charge in [-0.25, -0.2) is 10.2 Å². The van der Waals surface area contributed by atoms with Gasteiger partial charge in [-0.05, 0) is 23.3 Å². The van der Waals surface area contributed by atoms with Gasteiger partial charge in [-0.15, -0.1) is 0 Å². The van der Waals surface area contributed by atoms with Gasteiger partial charge in [0, 0.05) is 11.6 Å². The van der Waals surface area contributed by atoms with E-state index in [-0.39, 0.29) is 12.1 Å². The lowest BCUT2D eigenvalue weighted by atomic mass is 10.1. The summed E-state index contributed by atoms with van der Waals surface area (Å²) in [5, 5.41) is 17.2. The number of carbonyl (C=O) groups is 4. The second kappa shape index (κ2) is 8.61. The molecule has 0 aliphatic carbocycles. The van der Waals surface area contributed by atoms with E-state index in [1.807, 2.05) is 0 Å². The summed E-state index contributed by atoms with van der Waals surface area (Å²) in [5.41, 5.74) is 4.48. The highest BCUT2D eigenvalue weighted by atomic mass is 16.4. The zero-order valence-corrected chi connectivity index (χ0v) is 15.0. The zero-order chi connectivity index (χ0) is 20.8. The van der Waals surface area contributed by atoms with Crippen LogP contribution in [0.4, 0.5) is 10.5 Å². The Morgan fingerprint density at radius 3 is 2.69 bits per heavy atom. The minimum atomic E-state index is -0.958. The predicted octanol–water partition coefficient (Wildman–Crippen LogP) is 1.51. The smallest absolute Gasteiger partial charge is 0.342 e. The first-order valence-corrected chi connectivity index (χ1v) is 8.50. The molecule has 0 unspecified atom stereocenters. The molecule has 2 aromatic carbocycles. The van der Waals surface area contributed by atoms with Gasteiger partial charge < -0.3 is 10.4 Å². The molecule has 146 valence electrons. The van der Waals surface area contributed by atoms with Crippen LogP contribution in [0.5, 0.6) is 0 Å². The number of benzene rings is 2. The highest BCUT2D eigenvalue weighted by Gasteiger charge is 2.25. The molecule has 29 heavy (non-hydrogen) atoms. The van der Waals surface area contributed by atoms with Crippen LogP contribution in [-0.2, 0) is 20.8 Å². The van der Waals surface area contributed by atoms with E-state index >= 15 is 0 Å². The second-order valence-electron chi connectivity index (χ2n) is 6.04. The maximum absolute atomic E-state index is 11.9. The number of fused-ring (bicyclic) bond motifs is 1. The van der Waals surface area contributed by atoms with Crippen molar-refractivity contribution in [2.24, 2.45) is 5.10 Å². The van der Waals surface area contributed by atoms with Gasteiger partial charge in [0.25, 0.3) is 11.8 Å². The zero-order valence-electron chi connectivity index (χ0n) is 15.0. The Kier molecular flexibility index (Phi) is 5.79. The molecule has 0 saturated carbocycles. The van der Waals surface area contributed by atoms with Crippen molar-refractivity contribution in [2.75, 3.05) is 5.32 Å². The summed E-state index contributed by atoms with van der Waals surface area (Å²) in [4.78, 5) is 46.3. The van der Waals surface area contributed by atoms with E-state index in [0.717, 1.165) is 6.08 Å². The molecule has 0 spiro atoms. The molecule has 0 saturated heterocycles. The summed E-state index contributed by atoms with van der Waals surface area (Å²) in [6.07, 6.45) is 2.44. The van der Waals surface area contributed by atoms with E-state index < -0.39 is 23.8 Å². The largest absolute Gasteiger partial charge is 0.481 e. The van der Waals surface area contributed by atoms with E-state index in [1.54, 1.807) is 48.5 Å². The van der Waals surface area contributed by atoms with Crippen LogP contribution in [0.3, 0.4) is 0 Å². The Balaban J connectivity index is 1.57. The summed E-state index contributed by atoms with van der Waals surface area (Å²) >= 11 is 0. The number of carboxylic acid groups (broad SMARTS) is 1. The van der Waals surface area contributed by atoms with Crippen LogP contribution in [0.2, 0.25) is 0 Å². The predicted molar refractivity (Wildman–Crippen MR) is 105 cm³/mol. The van der Waals surface area contributed by atoms with Gasteiger partial charge in [-0.3, -0.25) is 19.7 Å². The lowest BCUT2D eigenvalue weighted by molar-refractivity contribution is -0.136. The Labute approximate surface area is 165 Å². The van der Waals surface area contributed by atoms with Crippen LogP contribution < -0.4 is 16.1 Å². The Morgan fingerprint density at radius 1 is 1.10 bits per heavy atom. The first kappa shape index (κ1) is 19.5. The number of hydrogen-bond donors (Lipinski definition) is 4. The normalized spacial score (nSPS) is 13.8. The van der Waals surface area contributed by atoms with Crippen LogP contribution in [0.1, 0.15) is 16.7 Å². The summed E-state index contributed by atoms with van der Waals surface area (Å²) < 4.78 is 0. The van der Waals surface area contributed by atoms with E-state index in [9.17, 15) is 19.2 Å². The van der Waals surface area contributed by atoms with Crippen molar-refractivity contribution in [3.63, 3.8) is 0 Å². The average molecular weight is 392 g/mol. The number of anilines is 1. The molecule has 0 radical (unpaired) electrons. The van der Waals surface area contributed by atoms with Crippen molar-refractivity contribution in [2.45, 2.75) is 6.42 Å². The molecule has 0 fully saturated rings. The van der Waals surface area contributed by atoms with Gasteiger partial charge >= 0.3 is 12.0 Å². The third-order valence-corrected chi connectivity index (χ3v) is 3.88. The Hall–Kier alpha value is -4.27. The molecule has 4 amide bonds. The maximum Gasteiger partial charge on any atom is 0.342 e. The molecule has 1 heterocycles. The number of para-hydroxylation sites is 1. The topological polar surface area (TPSA) is 137 Å². The highest BCUT2D eigenvalue weighted by Crippen LogP contribution is 2.22. The lowest BCUT2D eigenvalue weighted by Gasteiger charge is -2.02. The van der Waals surface area contributed by atoms with Crippen molar-refractivity contribution < 1.29 is 24.3 Å².